The van der Waals surface area contributed by atoms with E-state index in [1.54, 1.807) is 12.1 Å². The number of unbranched alkanes of at least 4 members (excludes halogenated alkanes) is 4. The number of hydrogen-bond acceptors (Lipinski definition) is 3. The molecule has 0 saturated heterocycles. The first-order chi connectivity index (χ1) is 11.4. The summed E-state index contributed by atoms with van der Waals surface area (Å²) in [5.41, 5.74) is 0.640. The minimum Gasteiger partial charge on any atom is -0.494 e. The smallest absolute Gasteiger partial charge is 0.120 e. The van der Waals surface area contributed by atoms with E-state index in [4.69, 9.17) is 14.7 Å². The highest BCUT2D eigenvalue weighted by Crippen LogP contribution is 2.14. The summed E-state index contributed by atoms with van der Waals surface area (Å²) < 4.78 is 11.3. The molecule has 23 heavy (non-hydrogen) atoms. The monoisotopic (exact) mass is 309 g/mol. The molecule has 0 radical (unpaired) electrons. The zero-order valence-corrected chi connectivity index (χ0v) is 13.4. The molecular weight excluding hydrogens is 286 g/mol. The van der Waals surface area contributed by atoms with E-state index in [0.29, 0.717) is 12.2 Å². The minimum atomic E-state index is 0.640. The molecule has 3 heteroatoms. The molecule has 2 aromatic rings. The number of nitrogens with zero attached hydrogens (tertiary/aromatic N) is 1. The molecule has 2 aromatic carbocycles. The van der Waals surface area contributed by atoms with Crippen molar-refractivity contribution in [2.45, 2.75) is 32.1 Å². The van der Waals surface area contributed by atoms with Gasteiger partial charge in [-0.05, 0) is 43.2 Å². The van der Waals surface area contributed by atoms with Gasteiger partial charge in [0.1, 0.15) is 11.5 Å². The van der Waals surface area contributed by atoms with Gasteiger partial charge in [-0.15, -0.1) is 0 Å². The first-order valence-electron chi connectivity index (χ1n) is 8.19. The Labute approximate surface area is 138 Å². The average Bonchev–Trinajstić information content (AvgIpc) is 2.61. The van der Waals surface area contributed by atoms with Gasteiger partial charge in [-0.3, -0.25) is 0 Å². The van der Waals surface area contributed by atoms with Crippen molar-refractivity contribution in [3.8, 4) is 17.6 Å². The summed E-state index contributed by atoms with van der Waals surface area (Å²) in [6, 6.07) is 19.4. The van der Waals surface area contributed by atoms with Crippen LogP contribution in [0, 0.1) is 11.3 Å². The van der Waals surface area contributed by atoms with E-state index in [1.165, 1.54) is 12.8 Å². The zero-order valence-electron chi connectivity index (χ0n) is 13.4. The van der Waals surface area contributed by atoms with Gasteiger partial charge in [-0.1, -0.05) is 43.5 Å². The molecule has 0 unspecified atom stereocenters. The lowest BCUT2D eigenvalue weighted by Gasteiger charge is -2.07. The van der Waals surface area contributed by atoms with Crippen molar-refractivity contribution >= 4 is 0 Å². The molecule has 120 valence electrons. The number of rotatable bonds is 10. The van der Waals surface area contributed by atoms with Crippen LogP contribution in [0.25, 0.3) is 0 Å². The normalized spacial score (nSPS) is 10.0. The molecule has 0 heterocycles. The lowest BCUT2D eigenvalue weighted by atomic mass is 10.1. The number of benzene rings is 2. The van der Waals surface area contributed by atoms with E-state index >= 15 is 0 Å². The Bertz CT molecular complexity index is 605. The van der Waals surface area contributed by atoms with Crippen LogP contribution in [0.4, 0.5) is 0 Å². The fourth-order valence-electron chi connectivity index (χ4n) is 2.29. The van der Waals surface area contributed by atoms with Gasteiger partial charge in [0.2, 0.25) is 0 Å². The van der Waals surface area contributed by atoms with Crippen molar-refractivity contribution < 1.29 is 9.47 Å². The molecule has 0 amide bonds. The van der Waals surface area contributed by atoms with Crippen LogP contribution in [0.1, 0.15) is 37.7 Å². The maximum Gasteiger partial charge on any atom is 0.120 e. The summed E-state index contributed by atoms with van der Waals surface area (Å²) in [5.74, 6) is 1.72. The van der Waals surface area contributed by atoms with Crippen LogP contribution in [0.15, 0.2) is 54.6 Å². The second-order valence-corrected chi connectivity index (χ2v) is 5.42. The minimum absolute atomic E-state index is 0.640. The van der Waals surface area contributed by atoms with Crippen LogP contribution in [0.5, 0.6) is 11.5 Å². The molecule has 0 aliphatic rings. The fraction of sp³-hybridized carbons (Fsp3) is 0.350. The second kappa shape index (κ2) is 10.3. The van der Waals surface area contributed by atoms with Crippen LogP contribution in [-0.4, -0.2) is 13.2 Å². The molecule has 0 spiro atoms. The largest absolute Gasteiger partial charge is 0.494 e. The van der Waals surface area contributed by atoms with E-state index in [2.05, 4.69) is 6.07 Å². The number of para-hydroxylation sites is 1. The van der Waals surface area contributed by atoms with Crippen LogP contribution in [0.3, 0.4) is 0 Å². The van der Waals surface area contributed by atoms with Gasteiger partial charge in [0.15, 0.2) is 0 Å². The maximum atomic E-state index is 8.83. The highest BCUT2D eigenvalue weighted by atomic mass is 16.5. The van der Waals surface area contributed by atoms with Crippen molar-refractivity contribution in [3.05, 3.63) is 60.2 Å². The highest BCUT2D eigenvalue weighted by Gasteiger charge is 1.97. The Balaban J connectivity index is 1.46. The van der Waals surface area contributed by atoms with Gasteiger partial charge in [0.25, 0.3) is 0 Å². The second-order valence-electron chi connectivity index (χ2n) is 5.42. The summed E-state index contributed by atoms with van der Waals surface area (Å²) in [4.78, 5) is 0. The molecule has 0 saturated carbocycles. The van der Waals surface area contributed by atoms with Crippen molar-refractivity contribution in [3.63, 3.8) is 0 Å². The van der Waals surface area contributed by atoms with Gasteiger partial charge in [-0.2, -0.15) is 5.26 Å². The predicted molar refractivity (Wildman–Crippen MR) is 91.7 cm³/mol. The zero-order chi connectivity index (χ0) is 16.2. The number of nitriles is 1. The Morgan fingerprint density at radius 1 is 0.696 bits per heavy atom. The van der Waals surface area contributed by atoms with Crippen molar-refractivity contribution in [2.24, 2.45) is 0 Å². The van der Waals surface area contributed by atoms with E-state index in [-0.39, 0.29) is 0 Å². The topological polar surface area (TPSA) is 42.2 Å². The molecule has 0 N–H and O–H groups in total. The van der Waals surface area contributed by atoms with Crippen LogP contribution >= 0.6 is 0 Å². The van der Waals surface area contributed by atoms with Gasteiger partial charge in [0.05, 0.1) is 24.8 Å². The molecular formula is C20H23NO2. The molecule has 0 atom stereocenters. The Hall–Kier alpha value is -2.47. The van der Waals surface area contributed by atoms with E-state index in [0.717, 1.165) is 37.4 Å². The van der Waals surface area contributed by atoms with Crippen LogP contribution in [-0.2, 0) is 0 Å². The molecule has 2 rings (SSSR count). The van der Waals surface area contributed by atoms with Gasteiger partial charge in [-0.25, -0.2) is 0 Å². The standard InChI is InChI=1S/C20H23NO2/c21-17-18-10-9-13-20(16-18)23-15-8-3-1-2-7-14-22-19-11-5-4-6-12-19/h4-6,9-13,16H,1-3,7-8,14-15H2. The van der Waals surface area contributed by atoms with Crippen molar-refractivity contribution in [1.82, 2.24) is 0 Å². The predicted octanol–water partition coefficient (Wildman–Crippen LogP) is 4.97. The molecule has 0 aliphatic carbocycles. The van der Waals surface area contributed by atoms with E-state index < -0.39 is 0 Å². The molecule has 0 bridgehead atoms. The fourth-order valence-corrected chi connectivity index (χ4v) is 2.29. The highest BCUT2D eigenvalue weighted by molar-refractivity contribution is 5.36. The van der Waals surface area contributed by atoms with E-state index in [1.807, 2.05) is 42.5 Å². The van der Waals surface area contributed by atoms with Gasteiger partial charge >= 0.3 is 0 Å². The summed E-state index contributed by atoms with van der Waals surface area (Å²) in [6.07, 6.45) is 5.65. The maximum absolute atomic E-state index is 8.83. The van der Waals surface area contributed by atoms with Crippen LogP contribution in [0.2, 0.25) is 0 Å². The number of ether oxygens (including phenoxy) is 2. The average molecular weight is 309 g/mol. The molecule has 0 fully saturated rings. The SMILES string of the molecule is N#Cc1cccc(OCCCCCCCOc2ccccc2)c1. The Kier molecular flexibility index (Phi) is 7.56. The Morgan fingerprint density at radius 3 is 2.00 bits per heavy atom. The third-order valence-corrected chi connectivity index (χ3v) is 3.53. The molecule has 0 aromatic heterocycles. The third-order valence-electron chi connectivity index (χ3n) is 3.53. The van der Waals surface area contributed by atoms with Gasteiger partial charge in [0, 0.05) is 0 Å². The lowest BCUT2D eigenvalue weighted by Crippen LogP contribution is -1.99. The molecule has 3 nitrogen and oxygen atoms in total. The summed E-state index contributed by atoms with van der Waals surface area (Å²) in [7, 11) is 0. The third kappa shape index (κ3) is 6.88. The lowest BCUT2D eigenvalue weighted by molar-refractivity contribution is 0.293. The molecule has 0 aliphatic heterocycles. The summed E-state index contributed by atoms with van der Waals surface area (Å²) in [5, 5.41) is 8.83. The first-order valence-corrected chi connectivity index (χ1v) is 8.19. The summed E-state index contributed by atoms with van der Waals surface area (Å²) in [6.45, 7) is 1.48. The van der Waals surface area contributed by atoms with Gasteiger partial charge < -0.3 is 9.47 Å². The quantitative estimate of drug-likeness (QED) is 0.582. The van der Waals surface area contributed by atoms with Crippen molar-refractivity contribution in [1.29, 1.82) is 5.26 Å². The van der Waals surface area contributed by atoms with Crippen molar-refractivity contribution in [2.75, 3.05) is 13.2 Å². The Morgan fingerprint density at radius 2 is 1.30 bits per heavy atom. The van der Waals surface area contributed by atoms with E-state index in [9.17, 15) is 0 Å². The number of hydrogen-bond donors (Lipinski definition) is 0. The van der Waals surface area contributed by atoms with Crippen LogP contribution < -0.4 is 9.47 Å². The first kappa shape index (κ1) is 16.9. The summed E-state index contributed by atoms with van der Waals surface area (Å²) >= 11 is 0.